The van der Waals surface area contributed by atoms with Gasteiger partial charge in [-0.15, -0.1) is 0 Å². The number of rotatable bonds is 3. The molecule has 2 aliphatic carbocycles. The van der Waals surface area contributed by atoms with E-state index in [-0.39, 0.29) is 0 Å². The lowest BCUT2D eigenvalue weighted by molar-refractivity contribution is 0.686. The highest BCUT2D eigenvalue weighted by Gasteiger charge is 2.25. The van der Waals surface area contributed by atoms with E-state index in [1.807, 2.05) is 12.4 Å². The molecular formula is C12H18N4. The summed E-state index contributed by atoms with van der Waals surface area (Å²) < 4.78 is 0. The molecule has 2 fully saturated rings. The van der Waals surface area contributed by atoms with E-state index in [9.17, 15) is 0 Å². The fourth-order valence-corrected chi connectivity index (χ4v) is 2.36. The zero-order valence-corrected chi connectivity index (χ0v) is 9.39. The monoisotopic (exact) mass is 218 g/mol. The van der Waals surface area contributed by atoms with Gasteiger partial charge in [0.2, 0.25) is 0 Å². The van der Waals surface area contributed by atoms with Crippen molar-refractivity contribution in [3.8, 4) is 0 Å². The Morgan fingerprint density at radius 1 is 1.12 bits per heavy atom. The van der Waals surface area contributed by atoms with Crippen LogP contribution in [0, 0.1) is 0 Å². The molecule has 1 heterocycles. The van der Waals surface area contributed by atoms with Crippen LogP contribution in [0.1, 0.15) is 43.7 Å². The van der Waals surface area contributed by atoms with Gasteiger partial charge in [0, 0.05) is 18.0 Å². The molecule has 0 saturated heterocycles. The van der Waals surface area contributed by atoms with Crippen LogP contribution in [0.25, 0.3) is 0 Å². The zero-order chi connectivity index (χ0) is 11.0. The first-order chi connectivity index (χ1) is 7.81. The topological polar surface area (TPSA) is 63.8 Å². The highest BCUT2D eigenvalue weighted by Crippen LogP contribution is 2.38. The average Bonchev–Trinajstić information content (AvgIpc) is 3.05. The van der Waals surface area contributed by atoms with Crippen LogP contribution in [-0.4, -0.2) is 22.1 Å². The van der Waals surface area contributed by atoms with Gasteiger partial charge in [-0.05, 0) is 32.1 Å². The Hall–Kier alpha value is -1.16. The van der Waals surface area contributed by atoms with Crippen molar-refractivity contribution in [2.45, 2.75) is 50.1 Å². The molecule has 0 amide bonds. The first-order valence-corrected chi connectivity index (χ1v) is 6.15. The fourth-order valence-electron chi connectivity index (χ4n) is 2.36. The molecule has 0 spiro atoms. The summed E-state index contributed by atoms with van der Waals surface area (Å²) in [7, 11) is 0. The van der Waals surface area contributed by atoms with Gasteiger partial charge in [-0.3, -0.25) is 4.98 Å². The van der Waals surface area contributed by atoms with Crippen molar-refractivity contribution in [2.24, 2.45) is 5.73 Å². The maximum atomic E-state index is 5.87. The van der Waals surface area contributed by atoms with Crippen LogP contribution >= 0.6 is 0 Å². The van der Waals surface area contributed by atoms with Crippen LogP contribution in [0.3, 0.4) is 0 Å². The maximum Gasteiger partial charge on any atom is 0.144 e. The molecule has 2 saturated carbocycles. The van der Waals surface area contributed by atoms with Crippen LogP contribution in [-0.2, 0) is 0 Å². The molecule has 16 heavy (non-hydrogen) atoms. The predicted molar refractivity (Wildman–Crippen MR) is 63.2 cm³/mol. The molecule has 1 aromatic rings. The summed E-state index contributed by atoms with van der Waals surface area (Å²) in [6, 6.07) is 0.840. The first-order valence-electron chi connectivity index (χ1n) is 6.15. The van der Waals surface area contributed by atoms with Crippen LogP contribution in [0.5, 0.6) is 0 Å². The normalized spacial score (nSPS) is 29.3. The summed E-state index contributed by atoms with van der Waals surface area (Å²) in [4.78, 5) is 8.86. The Morgan fingerprint density at radius 3 is 2.56 bits per heavy atom. The van der Waals surface area contributed by atoms with Crippen molar-refractivity contribution in [1.82, 2.24) is 9.97 Å². The molecule has 0 aliphatic heterocycles. The molecule has 0 bridgehead atoms. The Bertz CT molecular complexity index is 358. The average molecular weight is 218 g/mol. The molecule has 2 aliphatic rings. The third-order valence-corrected chi connectivity index (χ3v) is 3.49. The molecule has 3 N–H and O–H groups in total. The first kappa shape index (κ1) is 10.0. The SMILES string of the molecule is N[C@H]1CC[C@H](Nc2cnc(C3CC3)cn2)C1. The molecule has 0 radical (unpaired) electrons. The van der Waals surface area contributed by atoms with Crippen LogP contribution in [0.2, 0.25) is 0 Å². The van der Waals surface area contributed by atoms with E-state index in [0.29, 0.717) is 18.0 Å². The third kappa shape index (κ3) is 2.16. The number of hydrogen-bond acceptors (Lipinski definition) is 4. The molecule has 0 unspecified atom stereocenters. The predicted octanol–water partition coefficient (Wildman–Crippen LogP) is 1.65. The van der Waals surface area contributed by atoms with E-state index < -0.39 is 0 Å². The van der Waals surface area contributed by atoms with Gasteiger partial charge in [-0.2, -0.15) is 0 Å². The largest absolute Gasteiger partial charge is 0.366 e. The summed E-state index contributed by atoms with van der Waals surface area (Å²) in [5, 5.41) is 3.40. The fraction of sp³-hybridized carbons (Fsp3) is 0.667. The molecule has 2 atom stereocenters. The summed E-state index contributed by atoms with van der Waals surface area (Å²) in [5.41, 5.74) is 7.02. The Kier molecular flexibility index (Phi) is 2.52. The Balaban J connectivity index is 1.61. The van der Waals surface area contributed by atoms with E-state index in [0.717, 1.165) is 30.8 Å². The van der Waals surface area contributed by atoms with Crippen molar-refractivity contribution < 1.29 is 0 Å². The number of nitrogens with one attached hydrogen (secondary N) is 1. The van der Waals surface area contributed by atoms with Crippen molar-refractivity contribution >= 4 is 5.82 Å². The van der Waals surface area contributed by atoms with Crippen molar-refractivity contribution in [3.05, 3.63) is 18.1 Å². The van der Waals surface area contributed by atoms with Gasteiger partial charge in [0.05, 0.1) is 18.1 Å². The summed E-state index contributed by atoms with van der Waals surface area (Å²) in [6.07, 6.45) is 9.63. The van der Waals surface area contributed by atoms with Gasteiger partial charge >= 0.3 is 0 Å². The molecule has 86 valence electrons. The van der Waals surface area contributed by atoms with Gasteiger partial charge in [0.15, 0.2) is 0 Å². The van der Waals surface area contributed by atoms with Crippen LogP contribution < -0.4 is 11.1 Å². The second-order valence-corrected chi connectivity index (χ2v) is 5.02. The smallest absolute Gasteiger partial charge is 0.144 e. The lowest BCUT2D eigenvalue weighted by atomic mass is 10.2. The van der Waals surface area contributed by atoms with Gasteiger partial charge in [0.1, 0.15) is 5.82 Å². The lowest BCUT2D eigenvalue weighted by Crippen LogP contribution is -2.21. The highest BCUT2D eigenvalue weighted by molar-refractivity contribution is 5.33. The highest BCUT2D eigenvalue weighted by atomic mass is 15.0. The molecule has 4 nitrogen and oxygen atoms in total. The summed E-state index contributed by atoms with van der Waals surface area (Å²) in [5.74, 6) is 1.57. The van der Waals surface area contributed by atoms with E-state index in [1.165, 1.54) is 12.8 Å². The van der Waals surface area contributed by atoms with Gasteiger partial charge in [-0.25, -0.2) is 4.98 Å². The molecule has 3 rings (SSSR count). The van der Waals surface area contributed by atoms with E-state index in [1.54, 1.807) is 0 Å². The molecule has 1 aromatic heterocycles. The minimum absolute atomic E-state index is 0.358. The second kappa shape index (κ2) is 4.01. The maximum absolute atomic E-state index is 5.87. The number of nitrogens with two attached hydrogens (primary N) is 1. The number of nitrogens with zero attached hydrogens (tertiary/aromatic N) is 2. The van der Waals surface area contributed by atoms with Gasteiger partial charge < -0.3 is 11.1 Å². The summed E-state index contributed by atoms with van der Waals surface area (Å²) >= 11 is 0. The number of anilines is 1. The number of hydrogen-bond donors (Lipinski definition) is 2. The molecular weight excluding hydrogens is 200 g/mol. The minimum Gasteiger partial charge on any atom is -0.366 e. The quantitative estimate of drug-likeness (QED) is 0.809. The summed E-state index contributed by atoms with van der Waals surface area (Å²) in [6.45, 7) is 0. The zero-order valence-electron chi connectivity index (χ0n) is 9.39. The lowest BCUT2D eigenvalue weighted by Gasteiger charge is -2.12. The van der Waals surface area contributed by atoms with Crippen LogP contribution in [0.15, 0.2) is 12.4 Å². The Morgan fingerprint density at radius 2 is 2.00 bits per heavy atom. The second-order valence-electron chi connectivity index (χ2n) is 5.02. The number of aromatic nitrogens is 2. The molecule has 4 heteroatoms. The van der Waals surface area contributed by atoms with Gasteiger partial charge in [-0.1, -0.05) is 0 Å². The Labute approximate surface area is 95.7 Å². The van der Waals surface area contributed by atoms with Crippen LogP contribution in [0.4, 0.5) is 5.82 Å². The van der Waals surface area contributed by atoms with Crippen molar-refractivity contribution in [3.63, 3.8) is 0 Å². The van der Waals surface area contributed by atoms with Gasteiger partial charge in [0.25, 0.3) is 0 Å². The van der Waals surface area contributed by atoms with Crippen molar-refractivity contribution in [1.29, 1.82) is 0 Å². The van der Waals surface area contributed by atoms with E-state index in [2.05, 4.69) is 15.3 Å². The van der Waals surface area contributed by atoms with E-state index in [4.69, 9.17) is 5.73 Å². The third-order valence-electron chi connectivity index (χ3n) is 3.49. The minimum atomic E-state index is 0.358. The van der Waals surface area contributed by atoms with E-state index >= 15 is 0 Å². The standard InChI is InChI=1S/C12H18N4/c13-9-3-4-10(5-9)16-12-7-14-11(6-15-12)8-1-2-8/h6-10H,1-5,13H2,(H,15,16)/t9-,10-/m0/s1. The van der Waals surface area contributed by atoms with Crippen molar-refractivity contribution in [2.75, 3.05) is 5.32 Å². The molecule has 0 aromatic carbocycles.